The van der Waals surface area contributed by atoms with Crippen LogP contribution in [-0.4, -0.2) is 92.8 Å². The maximum Gasteiger partial charge on any atom is 0.490 e. The van der Waals surface area contributed by atoms with E-state index in [1.165, 1.54) is 5.56 Å². The van der Waals surface area contributed by atoms with Crippen molar-refractivity contribution in [3.8, 4) is 0 Å². The number of rotatable bonds is 4. The standard InChI is InChI=1S/C16H25N5O2.C2HF3O2/c1-18(2)16(23)11-21-14-6-7-20(13(14)4-5-15(21)22)10-12-8-17-19(3)9-12;3-2(4,5)1(6)7/h8-9,13-14H,4-7,10-11H2,1-3H3;(H,6,7)/t13-,14-;/m0./s1. The monoisotopic (exact) mass is 433 g/mol. The van der Waals surface area contributed by atoms with E-state index in [0.29, 0.717) is 12.5 Å². The lowest BCUT2D eigenvalue weighted by atomic mass is 9.96. The van der Waals surface area contributed by atoms with E-state index in [2.05, 4.69) is 10.00 Å². The number of carbonyl (C=O) groups is 3. The lowest BCUT2D eigenvalue weighted by molar-refractivity contribution is -0.192. The molecule has 0 unspecified atom stereocenters. The number of carboxylic acid groups (broad SMARTS) is 1. The molecule has 1 aromatic rings. The number of halogens is 3. The van der Waals surface area contributed by atoms with Gasteiger partial charge in [0.1, 0.15) is 6.54 Å². The average Bonchev–Trinajstić information content (AvgIpc) is 3.23. The molecule has 2 aliphatic heterocycles. The topological polar surface area (TPSA) is 99.0 Å². The highest BCUT2D eigenvalue weighted by atomic mass is 19.4. The van der Waals surface area contributed by atoms with Crippen molar-refractivity contribution < 1.29 is 32.7 Å². The summed E-state index contributed by atoms with van der Waals surface area (Å²) in [6.07, 6.45) is 1.21. The van der Waals surface area contributed by atoms with Crippen LogP contribution in [0.3, 0.4) is 0 Å². The summed E-state index contributed by atoms with van der Waals surface area (Å²) in [6, 6.07) is 0.514. The molecule has 0 aromatic carbocycles. The van der Waals surface area contributed by atoms with Gasteiger partial charge in [0, 0.05) is 64.5 Å². The molecule has 2 fully saturated rings. The lowest BCUT2D eigenvalue weighted by Gasteiger charge is -2.39. The normalized spacial score (nSPS) is 21.7. The Balaban J connectivity index is 0.000000396. The minimum absolute atomic E-state index is 0.00953. The number of fused-ring (bicyclic) bond motifs is 1. The van der Waals surface area contributed by atoms with Gasteiger partial charge in [-0.1, -0.05) is 0 Å². The highest BCUT2D eigenvalue weighted by molar-refractivity contribution is 5.85. The molecular formula is C18H26F3N5O4. The molecule has 1 N–H and O–H groups in total. The minimum atomic E-state index is -5.08. The third kappa shape index (κ3) is 5.94. The van der Waals surface area contributed by atoms with Crippen LogP contribution in [0, 0.1) is 0 Å². The number of nitrogens with zero attached hydrogens (tertiary/aromatic N) is 5. The van der Waals surface area contributed by atoms with Crippen LogP contribution in [0.1, 0.15) is 24.8 Å². The van der Waals surface area contributed by atoms with E-state index in [1.54, 1.807) is 23.9 Å². The molecule has 168 valence electrons. The summed E-state index contributed by atoms with van der Waals surface area (Å²) in [5.41, 5.74) is 1.20. The lowest BCUT2D eigenvalue weighted by Crippen LogP contribution is -2.54. The second-order valence-electron chi connectivity index (χ2n) is 7.57. The van der Waals surface area contributed by atoms with E-state index in [1.807, 2.05) is 24.1 Å². The van der Waals surface area contributed by atoms with Gasteiger partial charge in [0.2, 0.25) is 11.8 Å². The van der Waals surface area contributed by atoms with Gasteiger partial charge >= 0.3 is 12.1 Å². The zero-order chi connectivity index (χ0) is 22.6. The number of aliphatic carboxylic acids is 1. The molecule has 2 amide bonds. The summed E-state index contributed by atoms with van der Waals surface area (Å²) in [5, 5.41) is 11.3. The number of likely N-dealkylation sites (tertiary alicyclic amines) is 2. The second-order valence-corrected chi connectivity index (χ2v) is 7.57. The maximum atomic E-state index is 12.3. The van der Waals surface area contributed by atoms with Crippen LogP contribution in [0.4, 0.5) is 13.2 Å². The summed E-state index contributed by atoms with van der Waals surface area (Å²) in [5.74, 6) is -2.65. The highest BCUT2D eigenvalue weighted by Crippen LogP contribution is 2.32. The van der Waals surface area contributed by atoms with Gasteiger partial charge in [0.15, 0.2) is 0 Å². The van der Waals surface area contributed by atoms with Crippen LogP contribution in [0.5, 0.6) is 0 Å². The molecule has 0 bridgehead atoms. The Labute approximate surface area is 172 Å². The molecule has 30 heavy (non-hydrogen) atoms. The number of carboxylic acids is 1. The van der Waals surface area contributed by atoms with Gasteiger partial charge in [-0.25, -0.2) is 4.79 Å². The molecule has 0 radical (unpaired) electrons. The fourth-order valence-corrected chi connectivity index (χ4v) is 3.72. The maximum absolute atomic E-state index is 12.3. The summed E-state index contributed by atoms with van der Waals surface area (Å²) >= 11 is 0. The van der Waals surface area contributed by atoms with Crippen LogP contribution in [0.2, 0.25) is 0 Å². The molecular weight excluding hydrogens is 407 g/mol. The van der Waals surface area contributed by atoms with Crippen LogP contribution in [0.15, 0.2) is 12.4 Å². The van der Waals surface area contributed by atoms with E-state index < -0.39 is 12.1 Å². The molecule has 2 saturated heterocycles. The number of likely N-dealkylation sites (N-methyl/N-ethyl adjacent to an activating group) is 1. The van der Waals surface area contributed by atoms with Gasteiger partial charge < -0.3 is 14.9 Å². The van der Waals surface area contributed by atoms with Gasteiger partial charge in [-0.2, -0.15) is 18.3 Å². The van der Waals surface area contributed by atoms with Crippen molar-refractivity contribution in [2.45, 2.75) is 44.1 Å². The van der Waals surface area contributed by atoms with Crippen molar-refractivity contribution >= 4 is 17.8 Å². The van der Waals surface area contributed by atoms with Crippen LogP contribution in [-0.2, 0) is 28.0 Å². The van der Waals surface area contributed by atoms with Crippen LogP contribution >= 0.6 is 0 Å². The first kappa shape index (κ1) is 23.6. The Bertz CT molecular complexity index is 780. The van der Waals surface area contributed by atoms with Crippen molar-refractivity contribution in [3.63, 3.8) is 0 Å². The largest absolute Gasteiger partial charge is 0.490 e. The Morgan fingerprint density at radius 2 is 1.90 bits per heavy atom. The van der Waals surface area contributed by atoms with Gasteiger partial charge in [-0.05, 0) is 12.8 Å². The number of hydrogen-bond acceptors (Lipinski definition) is 5. The smallest absolute Gasteiger partial charge is 0.475 e. The number of hydrogen-bond donors (Lipinski definition) is 1. The molecule has 12 heteroatoms. The van der Waals surface area contributed by atoms with E-state index in [0.717, 1.165) is 25.9 Å². The third-order valence-corrected chi connectivity index (χ3v) is 5.19. The molecule has 1 aromatic heterocycles. The van der Waals surface area contributed by atoms with E-state index in [-0.39, 0.29) is 24.4 Å². The highest BCUT2D eigenvalue weighted by Gasteiger charge is 2.43. The Morgan fingerprint density at radius 3 is 2.40 bits per heavy atom. The van der Waals surface area contributed by atoms with E-state index >= 15 is 0 Å². The number of aromatic nitrogens is 2. The fourth-order valence-electron chi connectivity index (χ4n) is 3.72. The number of carbonyl (C=O) groups excluding carboxylic acids is 2. The number of alkyl halides is 3. The van der Waals surface area contributed by atoms with Crippen molar-refractivity contribution in [1.29, 1.82) is 0 Å². The molecule has 3 rings (SSSR count). The zero-order valence-corrected chi connectivity index (χ0v) is 17.1. The molecule has 9 nitrogen and oxygen atoms in total. The van der Waals surface area contributed by atoms with E-state index in [9.17, 15) is 22.8 Å². The number of piperidine rings is 1. The molecule has 0 saturated carbocycles. The molecule has 2 atom stereocenters. The van der Waals surface area contributed by atoms with Gasteiger partial charge in [0.05, 0.1) is 6.20 Å². The number of amides is 2. The van der Waals surface area contributed by atoms with Crippen molar-refractivity contribution in [2.24, 2.45) is 7.05 Å². The third-order valence-electron chi connectivity index (χ3n) is 5.19. The minimum Gasteiger partial charge on any atom is -0.475 e. The summed E-state index contributed by atoms with van der Waals surface area (Å²) in [4.78, 5) is 39.0. The van der Waals surface area contributed by atoms with Crippen LogP contribution < -0.4 is 0 Å². The molecule has 0 aliphatic carbocycles. The first-order chi connectivity index (χ1) is 13.9. The fraction of sp³-hybridized carbons (Fsp3) is 0.667. The SMILES string of the molecule is CN(C)C(=O)CN1C(=O)CC[C@H]2[C@@H]1CCN2Cc1cnn(C)c1.O=C(O)C(F)(F)F. The first-order valence-electron chi connectivity index (χ1n) is 9.41. The first-order valence-corrected chi connectivity index (χ1v) is 9.41. The summed E-state index contributed by atoms with van der Waals surface area (Å²) in [7, 11) is 5.39. The van der Waals surface area contributed by atoms with Crippen molar-refractivity contribution in [3.05, 3.63) is 18.0 Å². The van der Waals surface area contributed by atoms with Gasteiger partial charge in [-0.3, -0.25) is 19.2 Å². The average molecular weight is 433 g/mol. The Hall–Kier alpha value is -2.63. The molecule has 2 aliphatic rings. The number of aryl methyl sites for hydroxylation is 1. The van der Waals surface area contributed by atoms with Gasteiger partial charge in [-0.15, -0.1) is 0 Å². The summed E-state index contributed by atoms with van der Waals surface area (Å²) in [6.45, 7) is 2.02. The Morgan fingerprint density at radius 1 is 1.27 bits per heavy atom. The second kappa shape index (κ2) is 9.45. The zero-order valence-electron chi connectivity index (χ0n) is 17.1. The van der Waals surface area contributed by atoms with E-state index in [4.69, 9.17) is 9.90 Å². The Kier molecular flexibility index (Phi) is 7.45. The van der Waals surface area contributed by atoms with Gasteiger partial charge in [0.25, 0.3) is 0 Å². The predicted octanol–water partition coefficient (Wildman–Crippen LogP) is 0.707. The quantitative estimate of drug-likeness (QED) is 0.751. The van der Waals surface area contributed by atoms with Crippen LogP contribution in [0.25, 0.3) is 0 Å². The predicted molar refractivity (Wildman–Crippen MR) is 99.1 cm³/mol. The molecule has 0 spiro atoms. The summed E-state index contributed by atoms with van der Waals surface area (Å²) < 4.78 is 33.6. The van der Waals surface area contributed by atoms with Crippen molar-refractivity contribution in [1.82, 2.24) is 24.5 Å². The van der Waals surface area contributed by atoms with Crippen molar-refractivity contribution in [2.75, 3.05) is 27.2 Å². The molecule has 3 heterocycles.